The quantitative estimate of drug-likeness (QED) is 0.660. The molecule has 2 N–H and O–H groups in total. The highest BCUT2D eigenvalue weighted by molar-refractivity contribution is 7.89. The van der Waals surface area contributed by atoms with Crippen LogP contribution in [0.3, 0.4) is 0 Å². The number of piperidine rings is 1. The molecule has 0 bridgehead atoms. The fourth-order valence-corrected chi connectivity index (χ4v) is 4.45. The number of nitrogens with one attached hydrogen (secondary N) is 2. The minimum atomic E-state index is -3.67. The zero-order valence-electron chi connectivity index (χ0n) is 16.1. The molecule has 1 fully saturated rings. The molecule has 1 saturated heterocycles. The summed E-state index contributed by atoms with van der Waals surface area (Å²) in [5.41, 5.74) is 0.488. The van der Waals surface area contributed by atoms with Crippen molar-refractivity contribution in [2.24, 2.45) is 5.41 Å². The number of hydrogen-bond acceptors (Lipinski definition) is 6. The number of aromatic nitrogens is 2. The minimum absolute atomic E-state index is 0. The third-order valence-corrected chi connectivity index (χ3v) is 6.31. The standard InChI is InChI=1S/C18H26N4O4S.ClH/c1-25-14-18(7-9-19-10-8-18)13-21-27(23,24)15-11-20-22(12-15)16-5-3-4-6-17(16)26-2;/h3-6,11-12,19,21H,7-10,13-14H2,1-2H3;1H. The number of nitrogens with zero attached hydrogens (tertiary/aromatic N) is 2. The van der Waals surface area contributed by atoms with Gasteiger partial charge in [0, 0.05) is 19.1 Å². The summed E-state index contributed by atoms with van der Waals surface area (Å²) in [4.78, 5) is 0.120. The van der Waals surface area contributed by atoms with Crippen molar-refractivity contribution >= 4 is 22.4 Å². The van der Waals surface area contributed by atoms with E-state index in [2.05, 4.69) is 15.1 Å². The summed E-state index contributed by atoms with van der Waals surface area (Å²) < 4.78 is 40.4. The molecular weight excluding hydrogens is 404 g/mol. The van der Waals surface area contributed by atoms with Crippen molar-refractivity contribution in [2.45, 2.75) is 17.7 Å². The average molecular weight is 431 g/mol. The van der Waals surface area contributed by atoms with Crippen molar-refractivity contribution in [2.75, 3.05) is 40.5 Å². The maximum Gasteiger partial charge on any atom is 0.243 e. The molecule has 1 aliphatic rings. The Morgan fingerprint density at radius 2 is 1.96 bits per heavy atom. The molecule has 0 unspecified atom stereocenters. The van der Waals surface area contributed by atoms with Crippen LogP contribution < -0.4 is 14.8 Å². The van der Waals surface area contributed by atoms with Gasteiger partial charge in [0.1, 0.15) is 16.3 Å². The molecule has 0 saturated carbocycles. The molecular formula is C18H27ClN4O4S. The first-order valence-corrected chi connectivity index (χ1v) is 10.4. The molecule has 0 spiro atoms. The van der Waals surface area contributed by atoms with Crippen molar-refractivity contribution in [3.63, 3.8) is 0 Å². The number of sulfonamides is 1. The summed E-state index contributed by atoms with van der Waals surface area (Å²) in [6, 6.07) is 7.31. The van der Waals surface area contributed by atoms with Gasteiger partial charge in [-0.1, -0.05) is 12.1 Å². The molecule has 0 radical (unpaired) electrons. The van der Waals surface area contributed by atoms with Crippen molar-refractivity contribution in [3.8, 4) is 11.4 Å². The summed E-state index contributed by atoms with van der Waals surface area (Å²) in [6.45, 7) is 2.58. The number of ether oxygens (including phenoxy) is 2. The number of para-hydroxylation sites is 2. The highest BCUT2D eigenvalue weighted by Gasteiger charge is 2.33. The Bertz CT molecular complexity index is 860. The van der Waals surface area contributed by atoms with Crippen LogP contribution in [0.4, 0.5) is 0 Å². The van der Waals surface area contributed by atoms with Gasteiger partial charge in [0.2, 0.25) is 10.0 Å². The van der Waals surface area contributed by atoms with Gasteiger partial charge < -0.3 is 14.8 Å². The van der Waals surface area contributed by atoms with Gasteiger partial charge in [-0.15, -0.1) is 12.4 Å². The van der Waals surface area contributed by atoms with E-state index in [1.807, 2.05) is 18.2 Å². The van der Waals surface area contributed by atoms with Crippen molar-refractivity contribution in [3.05, 3.63) is 36.7 Å². The Balaban J connectivity index is 0.00000280. The van der Waals surface area contributed by atoms with Crippen LogP contribution in [0.25, 0.3) is 5.69 Å². The summed E-state index contributed by atoms with van der Waals surface area (Å²) in [5, 5.41) is 7.49. The lowest BCUT2D eigenvalue weighted by Gasteiger charge is -2.37. The lowest BCUT2D eigenvalue weighted by atomic mass is 9.80. The maximum absolute atomic E-state index is 12.8. The molecule has 1 aliphatic heterocycles. The van der Waals surface area contributed by atoms with Crippen LogP contribution >= 0.6 is 12.4 Å². The topological polar surface area (TPSA) is 94.5 Å². The Hall–Kier alpha value is -1.65. The largest absolute Gasteiger partial charge is 0.494 e. The van der Waals surface area contributed by atoms with Gasteiger partial charge in [0.15, 0.2) is 0 Å². The Morgan fingerprint density at radius 3 is 2.64 bits per heavy atom. The Labute approximate surface area is 172 Å². The monoisotopic (exact) mass is 430 g/mol. The lowest BCUT2D eigenvalue weighted by molar-refractivity contribution is 0.0577. The fraction of sp³-hybridized carbons (Fsp3) is 0.500. The van der Waals surface area contributed by atoms with Gasteiger partial charge in [-0.2, -0.15) is 5.10 Å². The van der Waals surface area contributed by atoms with E-state index in [4.69, 9.17) is 9.47 Å². The van der Waals surface area contributed by atoms with Crippen LogP contribution in [-0.2, 0) is 14.8 Å². The molecule has 0 atom stereocenters. The predicted octanol–water partition coefficient (Wildman–Crippen LogP) is 1.60. The number of hydrogen-bond donors (Lipinski definition) is 2. The van der Waals surface area contributed by atoms with E-state index in [9.17, 15) is 8.42 Å². The Kier molecular flexibility index (Phi) is 7.85. The second-order valence-electron chi connectivity index (χ2n) is 6.80. The SMILES string of the molecule is COCC1(CNS(=O)(=O)c2cnn(-c3ccccc3OC)c2)CCNCC1.Cl. The van der Waals surface area contributed by atoms with Gasteiger partial charge in [0.25, 0.3) is 0 Å². The van der Waals surface area contributed by atoms with Crippen molar-refractivity contribution in [1.82, 2.24) is 19.8 Å². The third kappa shape index (κ3) is 5.03. The zero-order valence-corrected chi connectivity index (χ0v) is 17.7. The van der Waals surface area contributed by atoms with Crippen molar-refractivity contribution < 1.29 is 17.9 Å². The smallest absolute Gasteiger partial charge is 0.243 e. The number of benzene rings is 1. The molecule has 3 rings (SSSR count). The molecule has 1 aromatic heterocycles. The first-order chi connectivity index (χ1) is 13.0. The second kappa shape index (κ2) is 9.71. The van der Waals surface area contributed by atoms with E-state index >= 15 is 0 Å². The van der Waals surface area contributed by atoms with Crippen LogP contribution in [0.5, 0.6) is 5.75 Å². The van der Waals surface area contributed by atoms with E-state index in [1.165, 1.54) is 17.1 Å². The molecule has 156 valence electrons. The maximum atomic E-state index is 12.8. The summed E-state index contributed by atoms with van der Waals surface area (Å²) in [5.74, 6) is 0.617. The molecule has 8 nitrogen and oxygen atoms in total. The number of methoxy groups -OCH3 is 2. The van der Waals surface area contributed by atoms with E-state index in [0.29, 0.717) is 24.6 Å². The molecule has 2 heterocycles. The van der Waals surface area contributed by atoms with Crippen LogP contribution in [0.1, 0.15) is 12.8 Å². The highest BCUT2D eigenvalue weighted by Crippen LogP contribution is 2.29. The highest BCUT2D eigenvalue weighted by atomic mass is 35.5. The molecule has 28 heavy (non-hydrogen) atoms. The zero-order chi connectivity index (χ0) is 19.3. The second-order valence-corrected chi connectivity index (χ2v) is 8.57. The van der Waals surface area contributed by atoms with Crippen LogP contribution in [0.2, 0.25) is 0 Å². The van der Waals surface area contributed by atoms with Crippen LogP contribution in [-0.4, -0.2) is 58.7 Å². The van der Waals surface area contributed by atoms with Crippen LogP contribution in [0.15, 0.2) is 41.6 Å². The summed E-state index contributed by atoms with van der Waals surface area (Å²) in [6.07, 6.45) is 4.57. The summed E-state index contributed by atoms with van der Waals surface area (Å²) >= 11 is 0. The van der Waals surface area contributed by atoms with E-state index < -0.39 is 10.0 Å². The Morgan fingerprint density at radius 1 is 1.25 bits per heavy atom. The molecule has 10 heteroatoms. The van der Waals surface area contributed by atoms with Gasteiger partial charge in [-0.05, 0) is 38.1 Å². The molecule has 0 amide bonds. The number of halogens is 1. The van der Waals surface area contributed by atoms with Gasteiger partial charge in [-0.3, -0.25) is 0 Å². The lowest BCUT2D eigenvalue weighted by Crippen LogP contribution is -2.47. The van der Waals surface area contributed by atoms with Gasteiger partial charge in [-0.25, -0.2) is 17.8 Å². The van der Waals surface area contributed by atoms with Gasteiger partial charge >= 0.3 is 0 Å². The van der Waals surface area contributed by atoms with E-state index in [0.717, 1.165) is 25.9 Å². The predicted molar refractivity (Wildman–Crippen MR) is 109 cm³/mol. The molecule has 0 aliphatic carbocycles. The first kappa shape index (κ1) is 22.6. The molecule has 1 aromatic carbocycles. The van der Waals surface area contributed by atoms with Crippen LogP contribution in [0, 0.1) is 5.41 Å². The minimum Gasteiger partial charge on any atom is -0.494 e. The van der Waals surface area contributed by atoms with Gasteiger partial charge in [0.05, 0.1) is 26.1 Å². The first-order valence-electron chi connectivity index (χ1n) is 8.87. The van der Waals surface area contributed by atoms with Crippen molar-refractivity contribution in [1.29, 1.82) is 0 Å². The number of rotatable bonds is 8. The van der Waals surface area contributed by atoms with E-state index in [-0.39, 0.29) is 22.7 Å². The summed E-state index contributed by atoms with van der Waals surface area (Å²) in [7, 11) is -0.459. The average Bonchev–Trinajstić information content (AvgIpc) is 3.19. The normalized spacial score (nSPS) is 16.4. The third-order valence-electron chi connectivity index (χ3n) is 4.95. The van der Waals surface area contributed by atoms with E-state index in [1.54, 1.807) is 20.3 Å². The fourth-order valence-electron chi connectivity index (χ4n) is 3.36. The molecule has 2 aromatic rings.